The number of aliphatic hydroxyl groups is 1. The maximum atomic E-state index is 12.4. The normalized spacial score (nSPS) is 10.3. The Morgan fingerprint density at radius 3 is 2.76 bits per heavy atom. The first-order valence-corrected chi connectivity index (χ1v) is 9.68. The van der Waals surface area contributed by atoms with E-state index in [4.69, 9.17) is 9.47 Å². The fourth-order valence-corrected chi connectivity index (χ4v) is 3.21. The number of amides is 2. The van der Waals surface area contributed by atoms with Gasteiger partial charge in [-0.15, -0.1) is 6.58 Å². The van der Waals surface area contributed by atoms with Crippen LogP contribution in [-0.2, 0) is 22.7 Å². The number of methoxy groups -OCH3 is 2. The number of anilines is 1. The predicted octanol–water partition coefficient (Wildman–Crippen LogP) is 1.43. The van der Waals surface area contributed by atoms with Crippen LogP contribution in [-0.4, -0.2) is 53.0 Å². The molecule has 3 N–H and O–H groups in total. The van der Waals surface area contributed by atoms with E-state index < -0.39 is 0 Å². The number of carbonyl (C=O) groups is 2. The summed E-state index contributed by atoms with van der Waals surface area (Å²) in [5, 5.41) is 15.4. The van der Waals surface area contributed by atoms with E-state index >= 15 is 0 Å². The molecule has 0 bridgehead atoms. The molecule has 9 nitrogen and oxygen atoms in total. The minimum Gasteiger partial charge on any atom is -0.497 e. The van der Waals surface area contributed by atoms with Crippen molar-refractivity contribution >= 4 is 29.3 Å². The maximum Gasteiger partial charge on any atom is 0.240 e. The number of imidazole rings is 1. The van der Waals surface area contributed by atoms with Crippen molar-refractivity contribution in [3.8, 4) is 11.5 Å². The van der Waals surface area contributed by atoms with Gasteiger partial charge in [0.25, 0.3) is 0 Å². The van der Waals surface area contributed by atoms with Crippen molar-refractivity contribution < 1.29 is 24.2 Å². The third kappa shape index (κ3) is 6.26. The number of hydrogen-bond donors (Lipinski definition) is 3. The molecule has 0 saturated heterocycles. The van der Waals surface area contributed by atoms with Crippen molar-refractivity contribution in [1.29, 1.82) is 0 Å². The van der Waals surface area contributed by atoms with Gasteiger partial charge < -0.3 is 29.8 Å². The molecule has 0 aliphatic heterocycles. The molecular formula is C19H24N4O5S. The van der Waals surface area contributed by atoms with Gasteiger partial charge in [-0.05, 0) is 12.1 Å². The molecule has 2 aromatic rings. The van der Waals surface area contributed by atoms with Crippen molar-refractivity contribution in [2.75, 3.05) is 31.8 Å². The SMILES string of the molecule is C=CCNC(=O)Cn1c(CO)cnc1SCC(=O)Nc1cc(OC)ccc1OC. The van der Waals surface area contributed by atoms with Crippen LogP contribution in [0.2, 0.25) is 0 Å². The summed E-state index contributed by atoms with van der Waals surface area (Å²) in [6.45, 7) is 3.61. The van der Waals surface area contributed by atoms with Crippen molar-refractivity contribution in [3.05, 3.63) is 42.7 Å². The zero-order chi connectivity index (χ0) is 21.2. The Balaban J connectivity index is 2.04. The van der Waals surface area contributed by atoms with Gasteiger partial charge in [0.15, 0.2) is 5.16 Å². The molecule has 0 unspecified atom stereocenters. The molecule has 0 saturated carbocycles. The predicted molar refractivity (Wildman–Crippen MR) is 110 cm³/mol. The zero-order valence-electron chi connectivity index (χ0n) is 16.3. The summed E-state index contributed by atoms with van der Waals surface area (Å²) in [6, 6.07) is 5.09. The minimum atomic E-state index is -0.280. The first-order chi connectivity index (χ1) is 14.0. The Morgan fingerprint density at radius 1 is 1.31 bits per heavy atom. The molecule has 1 heterocycles. The lowest BCUT2D eigenvalue weighted by Crippen LogP contribution is -2.28. The molecule has 0 aliphatic carbocycles. The van der Waals surface area contributed by atoms with Crippen LogP contribution >= 0.6 is 11.8 Å². The average molecular weight is 420 g/mol. The summed E-state index contributed by atoms with van der Waals surface area (Å²) >= 11 is 1.16. The Bertz CT molecular complexity index is 868. The van der Waals surface area contributed by atoms with E-state index in [0.717, 1.165) is 11.8 Å². The number of thioether (sulfide) groups is 1. The number of nitrogens with one attached hydrogen (secondary N) is 2. The lowest BCUT2D eigenvalue weighted by atomic mass is 10.2. The molecule has 156 valence electrons. The second kappa shape index (κ2) is 11.1. The summed E-state index contributed by atoms with van der Waals surface area (Å²) in [7, 11) is 3.05. The largest absolute Gasteiger partial charge is 0.497 e. The Hall–Kier alpha value is -2.98. The van der Waals surface area contributed by atoms with Crippen LogP contribution in [0.3, 0.4) is 0 Å². The smallest absolute Gasteiger partial charge is 0.240 e. The van der Waals surface area contributed by atoms with Crippen LogP contribution in [0.25, 0.3) is 0 Å². The molecule has 0 aliphatic rings. The minimum absolute atomic E-state index is 0.0165. The Morgan fingerprint density at radius 2 is 2.10 bits per heavy atom. The van der Waals surface area contributed by atoms with Gasteiger partial charge in [0.1, 0.15) is 18.0 Å². The van der Waals surface area contributed by atoms with Gasteiger partial charge in [-0.2, -0.15) is 0 Å². The van der Waals surface area contributed by atoms with Gasteiger partial charge in [0, 0.05) is 12.6 Å². The summed E-state index contributed by atoms with van der Waals surface area (Å²) in [5.41, 5.74) is 0.969. The number of ether oxygens (including phenoxy) is 2. The summed E-state index contributed by atoms with van der Waals surface area (Å²) in [4.78, 5) is 28.6. The molecule has 1 aromatic heterocycles. The highest BCUT2D eigenvalue weighted by Crippen LogP contribution is 2.29. The molecule has 2 amide bonds. The highest BCUT2D eigenvalue weighted by atomic mass is 32.2. The van der Waals surface area contributed by atoms with Gasteiger partial charge in [-0.1, -0.05) is 17.8 Å². The summed E-state index contributed by atoms with van der Waals surface area (Å²) < 4.78 is 12.0. The van der Waals surface area contributed by atoms with E-state index in [9.17, 15) is 14.7 Å². The number of aromatic nitrogens is 2. The van der Waals surface area contributed by atoms with E-state index in [1.54, 1.807) is 28.8 Å². The van der Waals surface area contributed by atoms with Crippen molar-refractivity contribution in [2.45, 2.75) is 18.3 Å². The van der Waals surface area contributed by atoms with Gasteiger partial charge >= 0.3 is 0 Å². The number of hydrogen-bond acceptors (Lipinski definition) is 7. The second-order valence-electron chi connectivity index (χ2n) is 5.77. The maximum absolute atomic E-state index is 12.4. The highest BCUT2D eigenvalue weighted by Gasteiger charge is 2.16. The van der Waals surface area contributed by atoms with Gasteiger partial charge in [0.2, 0.25) is 11.8 Å². The van der Waals surface area contributed by atoms with E-state index in [0.29, 0.717) is 34.6 Å². The lowest BCUT2D eigenvalue weighted by molar-refractivity contribution is -0.121. The van der Waals surface area contributed by atoms with Crippen molar-refractivity contribution in [2.24, 2.45) is 0 Å². The standard InChI is InChI=1S/C19H24N4O5S/c1-4-7-20-17(25)10-23-13(11-24)9-21-19(23)29-12-18(26)22-15-8-14(27-2)5-6-16(15)28-3/h4-6,8-9,24H,1,7,10-12H2,2-3H3,(H,20,25)(H,22,26). The van der Waals surface area contributed by atoms with Crippen LogP contribution in [0.1, 0.15) is 5.69 Å². The topological polar surface area (TPSA) is 115 Å². The molecule has 0 radical (unpaired) electrons. The summed E-state index contributed by atoms with van der Waals surface area (Å²) in [5.74, 6) is 0.619. The second-order valence-corrected chi connectivity index (χ2v) is 6.71. The van der Waals surface area contributed by atoms with Gasteiger partial charge in [-0.3, -0.25) is 9.59 Å². The van der Waals surface area contributed by atoms with E-state index in [-0.39, 0.29) is 30.7 Å². The van der Waals surface area contributed by atoms with Crippen molar-refractivity contribution in [1.82, 2.24) is 14.9 Å². The third-order valence-corrected chi connectivity index (χ3v) is 4.81. The molecule has 29 heavy (non-hydrogen) atoms. The number of carbonyl (C=O) groups excluding carboxylic acids is 2. The van der Waals surface area contributed by atoms with Crippen LogP contribution in [0.15, 0.2) is 42.2 Å². The molecule has 10 heteroatoms. The third-order valence-electron chi connectivity index (χ3n) is 3.82. The fraction of sp³-hybridized carbons (Fsp3) is 0.316. The number of benzene rings is 1. The first kappa shape index (κ1) is 22.3. The quantitative estimate of drug-likeness (QED) is 0.372. The molecule has 2 rings (SSSR count). The first-order valence-electron chi connectivity index (χ1n) is 8.69. The van der Waals surface area contributed by atoms with E-state index in [1.807, 2.05) is 0 Å². The van der Waals surface area contributed by atoms with Crippen molar-refractivity contribution in [3.63, 3.8) is 0 Å². The molecule has 0 fully saturated rings. The molecule has 0 spiro atoms. The molecule has 0 atom stereocenters. The van der Waals surface area contributed by atoms with Crippen LogP contribution < -0.4 is 20.1 Å². The lowest BCUT2D eigenvalue weighted by Gasteiger charge is -2.12. The Kier molecular flexibility index (Phi) is 8.56. The van der Waals surface area contributed by atoms with Crippen LogP contribution in [0.4, 0.5) is 5.69 Å². The van der Waals surface area contributed by atoms with E-state index in [2.05, 4.69) is 22.2 Å². The number of aliphatic hydroxyl groups excluding tert-OH is 1. The molecule has 1 aromatic carbocycles. The van der Waals surface area contributed by atoms with Gasteiger partial charge in [0.05, 0.1) is 44.2 Å². The van der Waals surface area contributed by atoms with Gasteiger partial charge in [-0.25, -0.2) is 4.98 Å². The molecular weight excluding hydrogens is 396 g/mol. The monoisotopic (exact) mass is 420 g/mol. The highest BCUT2D eigenvalue weighted by molar-refractivity contribution is 7.99. The average Bonchev–Trinajstić information content (AvgIpc) is 3.12. The number of rotatable bonds is 11. The van der Waals surface area contributed by atoms with Crippen LogP contribution in [0, 0.1) is 0 Å². The Labute approximate surface area is 173 Å². The fourth-order valence-electron chi connectivity index (χ4n) is 2.42. The number of nitrogens with zero attached hydrogens (tertiary/aromatic N) is 2. The summed E-state index contributed by atoms with van der Waals surface area (Å²) in [6.07, 6.45) is 3.05. The zero-order valence-corrected chi connectivity index (χ0v) is 17.1. The van der Waals surface area contributed by atoms with E-state index in [1.165, 1.54) is 20.4 Å². The van der Waals surface area contributed by atoms with Crippen LogP contribution in [0.5, 0.6) is 11.5 Å².